The first-order valence-corrected chi connectivity index (χ1v) is 9.64. The van der Waals surface area contributed by atoms with E-state index in [4.69, 9.17) is 0 Å². The molecule has 26 heavy (non-hydrogen) atoms. The molecule has 2 aromatic rings. The van der Waals surface area contributed by atoms with Crippen molar-refractivity contribution in [2.75, 3.05) is 20.6 Å². The lowest BCUT2D eigenvalue weighted by Gasteiger charge is -2.26. The minimum Gasteiger partial charge on any atom is -0.309 e. The standard InChI is InChI=1S/C22H36N4/c1-21(2,3)18-12-17(13-19(14-18)22(4,5)6)15-26-16-20(23-24-26)10-9-11-25(7)8/h12-14,16H,9-11,15H2,1-8H3. The van der Waals surface area contributed by atoms with Crippen LogP contribution in [0, 0.1) is 0 Å². The van der Waals surface area contributed by atoms with Crippen LogP contribution >= 0.6 is 0 Å². The lowest BCUT2D eigenvalue weighted by Crippen LogP contribution is -2.17. The highest BCUT2D eigenvalue weighted by molar-refractivity contribution is 5.37. The Morgan fingerprint density at radius 2 is 1.50 bits per heavy atom. The van der Waals surface area contributed by atoms with Gasteiger partial charge in [-0.1, -0.05) is 65.0 Å². The molecule has 4 heteroatoms. The van der Waals surface area contributed by atoms with Crippen molar-refractivity contribution < 1.29 is 0 Å². The molecule has 0 bridgehead atoms. The van der Waals surface area contributed by atoms with E-state index in [1.807, 2.05) is 4.68 Å². The Kier molecular flexibility index (Phi) is 6.28. The second kappa shape index (κ2) is 7.91. The monoisotopic (exact) mass is 356 g/mol. The van der Waals surface area contributed by atoms with E-state index in [-0.39, 0.29) is 10.8 Å². The van der Waals surface area contributed by atoms with Crippen molar-refractivity contribution >= 4 is 0 Å². The molecule has 0 radical (unpaired) electrons. The Morgan fingerprint density at radius 3 is 2.00 bits per heavy atom. The molecule has 0 unspecified atom stereocenters. The van der Waals surface area contributed by atoms with Crippen molar-refractivity contribution in [2.24, 2.45) is 0 Å². The van der Waals surface area contributed by atoms with Gasteiger partial charge in [-0.15, -0.1) is 5.10 Å². The predicted molar refractivity (Wildman–Crippen MR) is 110 cm³/mol. The highest BCUT2D eigenvalue weighted by atomic mass is 15.4. The van der Waals surface area contributed by atoms with Crippen LogP contribution in [-0.4, -0.2) is 40.5 Å². The van der Waals surface area contributed by atoms with Crippen LogP contribution in [0.15, 0.2) is 24.4 Å². The Bertz CT molecular complexity index is 682. The van der Waals surface area contributed by atoms with Gasteiger partial charge in [0.15, 0.2) is 0 Å². The summed E-state index contributed by atoms with van der Waals surface area (Å²) in [6.45, 7) is 15.5. The summed E-state index contributed by atoms with van der Waals surface area (Å²) in [5.74, 6) is 0. The third-order valence-corrected chi connectivity index (χ3v) is 4.69. The van der Waals surface area contributed by atoms with Crippen molar-refractivity contribution in [3.05, 3.63) is 46.8 Å². The zero-order chi connectivity index (χ0) is 19.5. The fourth-order valence-corrected chi connectivity index (χ4v) is 2.94. The summed E-state index contributed by atoms with van der Waals surface area (Å²) in [5, 5.41) is 8.69. The van der Waals surface area contributed by atoms with Crippen LogP contribution in [0.5, 0.6) is 0 Å². The first-order chi connectivity index (χ1) is 11.9. The van der Waals surface area contributed by atoms with Gasteiger partial charge in [-0.25, -0.2) is 4.68 Å². The Hall–Kier alpha value is -1.68. The average molecular weight is 357 g/mol. The van der Waals surface area contributed by atoms with E-state index in [1.165, 1.54) is 16.7 Å². The topological polar surface area (TPSA) is 34.0 Å². The molecule has 0 saturated heterocycles. The third-order valence-electron chi connectivity index (χ3n) is 4.69. The highest BCUT2D eigenvalue weighted by Gasteiger charge is 2.20. The lowest BCUT2D eigenvalue weighted by molar-refractivity contribution is 0.399. The molecule has 0 fully saturated rings. The molecule has 2 rings (SSSR count). The van der Waals surface area contributed by atoms with Crippen LogP contribution < -0.4 is 0 Å². The lowest BCUT2D eigenvalue weighted by atomic mass is 9.79. The number of hydrogen-bond acceptors (Lipinski definition) is 3. The van der Waals surface area contributed by atoms with Crippen molar-refractivity contribution in [2.45, 2.75) is 71.8 Å². The molecule has 0 aliphatic heterocycles. The maximum absolute atomic E-state index is 4.35. The highest BCUT2D eigenvalue weighted by Crippen LogP contribution is 2.30. The fraction of sp³-hybridized carbons (Fsp3) is 0.636. The summed E-state index contributed by atoms with van der Waals surface area (Å²) in [5.41, 5.74) is 5.41. The van der Waals surface area contributed by atoms with Gasteiger partial charge in [0.2, 0.25) is 0 Å². The third kappa shape index (κ3) is 5.94. The van der Waals surface area contributed by atoms with Crippen molar-refractivity contribution in [3.8, 4) is 0 Å². The molecule has 0 saturated carbocycles. The molecular formula is C22H36N4. The van der Waals surface area contributed by atoms with Crippen molar-refractivity contribution in [3.63, 3.8) is 0 Å². The second-order valence-electron chi connectivity index (χ2n) is 9.73. The van der Waals surface area contributed by atoms with Crippen LogP contribution in [-0.2, 0) is 23.8 Å². The predicted octanol–water partition coefficient (Wildman–Crippen LogP) is 4.42. The number of hydrogen-bond donors (Lipinski definition) is 0. The molecule has 1 heterocycles. The molecule has 0 amide bonds. The molecule has 1 aromatic carbocycles. The summed E-state index contributed by atoms with van der Waals surface area (Å²) in [7, 11) is 4.21. The summed E-state index contributed by atoms with van der Waals surface area (Å²) >= 11 is 0. The van der Waals surface area contributed by atoms with Crippen molar-refractivity contribution in [1.82, 2.24) is 19.9 Å². The van der Waals surface area contributed by atoms with E-state index in [0.717, 1.165) is 31.6 Å². The first kappa shape index (κ1) is 20.6. The van der Waals surface area contributed by atoms with Gasteiger partial charge < -0.3 is 4.90 Å². The number of benzene rings is 1. The zero-order valence-electron chi connectivity index (χ0n) is 17.9. The van der Waals surface area contributed by atoms with Gasteiger partial charge in [0, 0.05) is 6.20 Å². The van der Waals surface area contributed by atoms with Gasteiger partial charge >= 0.3 is 0 Å². The fourth-order valence-electron chi connectivity index (χ4n) is 2.94. The summed E-state index contributed by atoms with van der Waals surface area (Å²) in [6.07, 6.45) is 4.18. The molecular weight excluding hydrogens is 320 g/mol. The number of aryl methyl sites for hydroxylation is 1. The average Bonchev–Trinajstić information content (AvgIpc) is 2.92. The van der Waals surface area contributed by atoms with Crippen LogP contribution in [0.4, 0.5) is 0 Å². The van der Waals surface area contributed by atoms with Gasteiger partial charge in [-0.05, 0) is 61.0 Å². The molecule has 0 spiro atoms. The quantitative estimate of drug-likeness (QED) is 0.768. The van der Waals surface area contributed by atoms with E-state index < -0.39 is 0 Å². The van der Waals surface area contributed by atoms with Gasteiger partial charge in [0.05, 0.1) is 12.2 Å². The Morgan fingerprint density at radius 1 is 0.923 bits per heavy atom. The van der Waals surface area contributed by atoms with Crippen LogP contribution in [0.2, 0.25) is 0 Å². The van der Waals surface area contributed by atoms with Gasteiger partial charge in [-0.3, -0.25) is 0 Å². The van der Waals surface area contributed by atoms with Crippen LogP contribution in [0.3, 0.4) is 0 Å². The smallest absolute Gasteiger partial charge is 0.0827 e. The van der Waals surface area contributed by atoms with E-state index in [9.17, 15) is 0 Å². The molecule has 0 aliphatic rings. The van der Waals surface area contributed by atoms with E-state index in [2.05, 4.69) is 95.2 Å². The number of rotatable bonds is 6. The maximum Gasteiger partial charge on any atom is 0.0827 e. The molecule has 4 nitrogen and oxygen atoms in total. The van der Waals surface area contributed by atoms with Gasteiger partial charge in [0.25, 0.3) is 0 Å². The summed E-state index contributed by atoms with van der Waals surface area (Å²) in [4.78, 5) is 2.20. The van der Waals surface area contributed by atoms with E-state index in [0.29, 0.717) is 0 Å². The largest absolute Gasteiger partial charge is 0.309 e. The summed E-state index contributed by atoms with van der Waals surface area (Å²) in [6, 6.07) is 7.00. The van der Waals surface area contributed by atoms with Crippen LogP contribution in [0.1, 0.15) is 70.3 Å². The Labute approximate surface area is 159 Å². The molecule has 0 atom stereocenters. The molecule has 0 N–H and O–H groups in total. The summed E-state index contributed by atoms with van der Waals surface area (Å²) < 4.78 is 1.97. The van der Waals surface area contributed by atoms with E-state index >= 15 is 0 Å². The van der Waals surface area contributed by atoms with Gasteiger partial charge in [0.1, 0.15) is 0 Å². The maximum atomic E-state index is 4.35. The van der Waals surface area contributed by atoms with Gasteiger partial charge in [-0.2, -0.15) is 0 Å². The first-order valence-electron chi connectivity index (χ1n) is 9.64. The van der Waals surface area contributed by atoms with Crippen LogP contribution in [0.25, 0.3) is 0 Å². The Balaban J connectivity index is 2.19. The number of nitrogens with zero attached hydrogens (tertiary/aromatic N) is 4. The normalized spacial score (nSPS) is 12.8. The minimum atomic E-state index is 0.135. The van der Waals surface area contributed by atoms with E-state index in [1.54, 1.807) is 0 Å². The molecule has 1 aromatic heterocycles. The van der Waals surface area contributed by atoms with Crippen molar-refractivity contribution in [1.29, 1.82) is 0 Å². The zero-order valence-corrected chi connectivity index (χ0v) is 17.9. The second-order valence-corrected chi connectivity index (χ2v) is 9.73. The molecule has 144 valence electrons. The molecule has 0 aliphatic carbocycles. The SMILES string of the molecule is CN(C)CCCc1cn(Cc2cc(C(C)(C)C)cc(C(C)(C)C)c2)nn1. The number of aromatic nitrogens is 3. The minimum absolute atomic E-state index is 0.135.